The zero-order valence-corrected chi connectivity index (χ0v) is 20.1. The summed E-state index contributed by atoms with van der Waals surface area (Å²) in [5.41, 5.74) is 1.85. The average molecular weight is 469 g/mol. The molecular weight excluding hydrogens is 432 g/mol. The van der Waals surface area contributed by atoms with E-state index in [1.165, 1.54) is 12.8 Å². The predicted octanol–water partition coefficient (Wildman–Crippen LogP) is 2.97. The van der Waals surface area contributed by atoms with Gasteiger partial charge in [-0.15, -0.1) is 0 Å². The molecule has 0 aliphatic carbocycles. The summed E-state index contributed by atoms with van der Waals surface area (Å²) in [6.45, 7) is 5.75. The van der Waals surface area contributed by atoms with E-state index in [9.17, 15) is 14.4 Å². The Morgan fingerprint density at radius 1 is 1.00 bits per heavy atom. The molecule has 1 atom stereocenters. The fraction of sp³-hybridized carbons (Fsp3) is 0.577. The number of carbonyl (C=O) groups excluding carboxylic acids is 3. The smallest absolute Gasteiger partial charge is 0.338 e. The average Bonchev–Trinajstić information content (AvgIpc) is 3.14. The lowest BCUT2D eigenvalue weighted by Gasteiger charge is -2.36. The van der Waals surface area contributed by atoms with Crippen molar-refractivity contribution in [3.63, 3.8) is 0 Å². The minimum Gasteiger partial charge on any atom is -0.463 e. The summed E-state index contributed by atoms with van der Waals surface area (Å²) in [6.07, 6.45) is 6.23. The highest BCUT2D eigenvalue weighted by Crippen LogP contribution is 2.29. The molecule has 0 bridgehead atoms. The van der Waals surface area contributed by atoms with Crippen LogP contribution in [-0.4, -0.2) is 67.0 Å². The number of hydrogen-bond acceptors (Lipinski definition) is 5. The van der Waals surface area contributed by atoms with Crippen LogP contribution >= 0.6 is 0 Å². The summed E-state index contributed by atoms with van der Waals surface area (Å²) in [5, 5.41) is 5.73. The Balaban J connectivity index is 1.46. The molecule has 2 fully saturated rings. The molecule has 0 spiro atoms. The van der Waals surface area contributed by atoms with Crippen molar-refractivity contribution in [2.75, 3.05) is 39.3 Å². The van der Waals surface area contributed by atoms with Gasteiger partial charge in [0.15, 0.2) is 0 Å². The van der Waals surface area contributed by atoms with Crippen LogP contribution in [0.5, 0.6) is 0 Å². The lowest BCUT2D eigenvalue weighted by molar-refractivity contribution is -0.139. The molecule has 1 unspecified atom stereocenters. The number of urea groups is 1. The van der Waals surface area contributed by atoms with Crippen molar-refractivity contribution in [2.45, 2.75) is 51.5 Å². The molecule has 1 aromatic rings. The maximum atomic E-state index is 13.0. The Bertz CT molecular complexity index is 901. The molecule has 34 heavy (non-hydrogen) atoms. The second-order valence-electron chi connectivity index (χ2n) is 9.34. The summed E-state index contributed by atoms with van der Waals surface area (Å²) < 4.78 is 5.36. The minimum absolute atomic E-state index is 0.0625. The SMILES string of the molecule is CCOC(=O)C1=C(CN2CCC(C(=O)N3CCCCCC3)CC2)NC(=O)NC1c1ccccc1. The van der Waals surface area contributed by atoms with Gasteiger partial charge in [0.1, 0.15) is 0 Å². The second-order valence-corrected chi connectivity index (χ2v) is 9.34. The highest BCUT2D eigenvalue weighted by molar-refractivity contribution is 5.95. The second kappa shape index (κ2) is 11.5. The Labute approximate surface area is 201 Å². The molecular formula is C26H36N4O4. The van der Waals surface area contributed by atoms with E-state index < -0.39 is 12.0 Å². The number of likely N-dealkylation sites (tertiary alicyclic amines) is 2. The van der Waals surface area contributed by atoms with E-state index >= 15 is 0 Å². The van der Waals surface area contributed by atoms with Gasteiger partial charge < -0.3 is 20.3 Å². The first-order valence-electron chi connectivity index (χ1n) is 12.6. The van der Waals surface area contributed by atoms with E-state index in [4.69, 9.17) is 4.74 Å². The third kappa shape index (κ3) is 5.78. The van der Waals surface area contributed by atoms with E-state index in [2.05, 4.69) is 20.4 Å². The zero-order valence-electron chi connectivity index (χ0n) is 20.1. The van der Waals surface area contributed by atoms with Gasteiger partial charge in [0.2, 0.25) is 5.91 Å². The molecule has 3 heterocycles. The predicted molar refractivity (Wildman–Crippen MR) is 129 cm³/mol. The number of piperidine rings is 1. The van der Waals surface area contributed by atoms with Crippen LogP contribution < -0.4 is 10.6 Å². The van der Waals surface area contributed by atoms with Crippen LogP contribution in [0.3, 0.4) is 0 Å². The Morgan fingerprint density at radius 3 is 2.32 bits per heavy atom. The molecule has 0 saturated carbocycles. The summed E-state index contributed by atoms with van der Waals surface area (Å²) in [4.78, 5) is 42.7. The van der Waals surface area contributed by atoms with Crippen molar-refractivity contribution >= 4 is 17.9 Å². The number of benzene rings is 1. The van der Waals surface area contributed by atoms with E-state index in [1.807, 2.05) is 30.3 Å². The van der Waals surface area contributed by atoms with Crippen LogP contribution in [0, 0.1) is 5.92 Å². The summed E-state index contributed by atoms with van der Waals surface area (Å²) >= 11 is 0. The largest absolute Gasteiger partial charge is 0.463 e. The maximum Gasteiger partial charge on any atom is 0.338 e. The van der Waals surface area contributed by atoms with Gasteiger partial charge in [-0.05, 0) is 51.3 Å². The first kappa shape index (κ1) is 24.3. The van der Waals surface area contributed by atoms with Crippen LogP contribution in [0.2, 0.25) is 0 Å². The summed E-state index contributed by atoms with van der Waals surface area (Å²) in [6, 6.07) is 8.57. The molecule has 2 N–H and O–H groups in total. The minimum atomic E-state index is -0.564. The van der Waals surface area contributed by atoms with Crippen LogP contribution in [-0.2, 0) is 14.3 Å². The van der Waals surface area contributed by atoms with Crippen LogP contribution in [0.4, 0.5) is 4.79 Å². The maximum absolute atomic E-state index is 13.0. The first-order chi connectivity index (χ1) is 16.6. The van der Waals surface area contributed by atoms with Crippen molar-refractivity contribution in [2.24, 2.45) is 5.92 Å². The molecule has 3 aliphatic rings. The molecule has 4 rings (SSSR count). The fourth-order valence-electron chi connectivity index (χ4n) is 5.20. The molecule has 1 aromatic carbocycles. The van der Waals surface area contributed by atoms with Crippen molar-refractivity contribution in [3.05, 3.63) is 47.2 Å². The van der Waals surface area contributed by atoms with Gasteiger partial charge in [0, 0.05) is 31.2 Å². The molecule has 3 aliphatic heterocycles. The monoisotopic (exact) mass is 468 g/mol. The van der Waals surface area contributed by atoms with Gasteiger partial charge >= 0.3 is 12.0 Å². The van der Waals surface area contributed by atoms with Crippen molar-refractivity contribution < 1.29 is 19.1 Å². The number of rotatable bonds is 6. The molecule has 0 aromatic heterocycles. The fourth-order valence-corrected chi connectivity index (χ4v) is 5.20. The topological polar surface area (TPSA) is 91.0 Å². The number of nitrogens with one attached hydrogen (secondary N) is 2. The van der Waals surface area contributed by atoms with Gasteiger partial charge in [-0.3, -0.25) is 9.69 Å². The van der Waals surface area contributed by atoms with Crippen LogP contribution in [0.25, 0.3) is 0 Å². The Kier molecular flexibility index (Phi) is 8.21. The molecule has 8 nitrogen and oxygen atoms in total. The zero-order chi connectivity index (χ0) is 23.9. The lowest BCUT2D eigenvalue weighted by Crippen LogP contribution is -2.50. The first-order valence-corrected chi connectivity index (χ1v) is 12.6. The quantitative estimate of drug-likeness (QED) is 0.627. The van der Waals surface area contributed by atoms with Crippen LogP contribution in [0.1, 0.15) is 57.1 Å². The Hall–Kier alpha value is -2.87. The number of carbonyl (C=O) groups is 3. The van der Waals surface area contributed by atoms with Crippen LogP contribution in [0.15, 0.2) is 41.6 Å². The third-order valence-corrected chi connectivity index (χ3v) is 7.02. The van der Waals surface area contributed by atoms with Gasteiger partial charge in [0.25, 0.3) is 0 Å². The van der Waals surface area contributed by atoms with Gasteiger partial charge in [-0.25, -0.2) is 9.59 Å². The summed E-state index contributed by atoms with van der Waals surface area (Å²) in [5.74, 6) is -0.0649. The number of hydrogen-bond donors (Lipinski definition) is 2. The van der Waals surface area contributed by atoms with Gasteiger partial charge in [-0.2, -0.15) is 0 Å². The van der Waals surface area contributed by atoms with E-state index in [-0.39, 0.29) is 18.6 Å². The van der Waals surface area contributed by atoms with Gasteiger partial charge in [-0.1, -0.05) is 43.2 Å². The Morgan fingerprint density at radius 2 is 1.68 bits per heavy atom. The molecule has 8 heteroatoms. The van der Waals surface area contributed by atoms with Gasteiger partial charge in [0.05, 0.1) is 18.2 Å². The lowest BCUT2D eigenvalue weighted by atomic mass is 9.93. The number of ether oxygens (including phenoxy) is 1. The number of nitrogens with zero attached hydrogens (tertiary/aromatic N) is 2. The van der Waals surface area contributed by atoms with E-state index in [0.29, 0.717) is 23.7 Å². The molecule has 0 radical (unpaired) electrons. The van der Waals surface area contributed by atoms with Crippen molar-refractivity contribution in [1.29, 1.82) is 0 Å². The molecule has 3 amide bonds. The van der Waals surface area contributed by atoms with E-state index in [1.54, 1.807) is 6.92 Å². The number of amides is 3. The highest BCUT2D eigenvalue weighted by atomic mass is 16.5. The molecule has 2 saturated heterocycles. The van der Waals surface area contributed by atoms with Crippen molar-refractivity contribution in [1.82, 2.24) is 20.4 Å². The number of esters is 1. The standard InChI is InChI=1S/C26H36N4O4/c1-2-34-25(32)22-21(27-26(33)28-23(22)19-10-6-5-7-11-19)18-29-16-12-20(13-17-29)24(31)30-14-8-3-4-9-15-30/h5-7,10-11,20,23H,2-4,8-9,12-18H2,1H3,(H2,27,28,33). The third-order valence-electron chi connectivity index (χ3n) is 7.02. The summed E-state index contributed by atoms with van der Waals surface area (Å²) in [7, 11) is 0. The molecule has 184 valence electrons. The highest BCUT2D eigenvalue weighted by Gasteiger charge is 2.35. The van der Waals surface area contributed by atoms with E-state index in [0.717, 1.165) is 57.4 Å². The normalized spacial score (nSPS) is 22.6. The van der Waals surface area contributed by atoms with Crippen molar-refractivity contribution in [3.8, 4) is 0 Å².